The highest BCUT2D eigenvalue weighted by molar-refractivity contribution is 7.99. The van der Waals surface area contributed by atoms with Gasteiger partial charge in [0.15, 0.2) is 0 Å². The number of aromatic nitrogens is 1. The Morgan fingerprint density at radius 1 is 1.21 bits per heavy atom. The van der Waals surface area contributed by atoms with E-state index in [1.54, 1.807) is 23.9 Å². The summed E-state index contributed by atoms with van der Waals surface area (Å²) in [6, 6.07) is 14.9. The minimum absolute atomic E-state index is 0.0316. The molecule has 1 amide bonds. The number of likely N-dealkylation sites (tertiary alicyclic amines) is 1. The van der Waals surface area contributed by atoms with E-state index in [1.165, 1.54) is 6.07 Å². The summed E-state index contributed by atoms with van der Waals surface area (Å²) >= 11 is 1.62. The molecule has 1 aliphatic heterocycles. The third-order valence-electron chi connectivity index (χ3n) is 4.47. The van der Waals surface area contributed by atoms with Crippen molar-refractivity contribution in [3.05, 3.63) is 60.0 Å². The van der Waals surface area contributed by atoms with Gasteiger partial charge in [-0.1, -0.05) is 30.0 Å². The van der Waals surface area contributed by atoms with E-state index in [0.717, 1.165) is 52.2 Å². The van der Waals surface area contributed by atoms with Crippen molar-refractivity contribution in [3.63, 3.8) is 0 Å². The number of halogens is 1. The van der Waals surface area contributed by atoms with Crippen molar-refractivity contribution in [1.29, 1.82) is 0 Å². The van der Waals surface area contributed by atoms with Gasteiger partial charge in [-0.2, -0.15) is 0 Å². The standard InChI is InChI=1S/C19H17FN2OS/c20-13-8-9-16-15(11-13)19(24-14-5-2-1-3-6-14)18(21-16)17-7-4-10-22(17)12-23/h1-3,5-6,8-9,11-12,17,21H,4,7,10H2. The van der Waals surface area contributed by atoms with E-state index in [9.17, 15) is 9.18 Å². The van der Waals surface area contributed by atoms with E-state index >= 15 is 0 Å². The highest BCUT2D eigenvalue weighted by Gasteiger charge is 2.29. The van der Waals surface area contributed by atoms with Gasteiger partial charge in [0.05, 0.1) is 11.7 Å². The van der Waals surface area contributed by atoms with E-state index in [1.807, 2.05) is 35.2 Å². The summed E-state index contributed by atoms with van der Waals surface area (Å²) in [5.41, 5.74) is 1.91. The first-order chi connectivity index (χ1) is 11.8. The Morgan fingerprint density at radius 2 is 2.04 bits per heavy atom. The van der Waals surface area contributed by atoms with E-state index in [-0.39, 0.29) is 11.9 Å². The Morgan fingerprint density at radius 3 is 2.83 bits per heavy atom. The van der Waals surface area contributed by atoms with Crippen LogP contribution >= 0.6 is 11.8 Å². The number of aromatic amines is 1. The number of carbonyl (C=O) groups is 1. The molecule has 3 aromatic rings. The van der Waals surface area contributed by atoms with Gasteiger partial charge >= 0.3 is 0 Å². The normalized spacial score (nSPS) is 17.5. The second-order valence-corrected chi connectivity index (χ2v) is 7.06. The lowest BCUT2D eigenvalue weighted by Gasteiger charge is -2.20. The average Bonchev–Trinajstić information content (AvgIpc) is 3.20. The zero-order valence-electron chi connectivity index (χ0n) is 13.0. The molecule has 0 spiro atoms. The van der Waals surface area contributed by atoms with Crippen molar-refractivity contribution < 1.29 is 9.18 Å². The minimum atomic E-state index is -0.248. The molecule has 122 valence electrons. The molecule has 1 aromatic heterocycles. The van der Waals surface area contributed by atoms with Crippen LogP contribution in [0.4, 0.5) is 4.39 Å². The molecular formula is C19H17FN2OS. The number of hydrogen-bond donors (Lipinski definition) is 1. The maximum absolute atomic E-state index is 13.8. The molecule has 5 heteroatoms. The molecule has 4 rings (SSSR count). The molecule has 3 nitrogen and oxygen atoms in total. The third kappa shape index (κ3) is 2.69. The van der Waals surface area contributed by atoms with Gasteiger partial charge < -0.3 is 9.88 Å². The Labute approximate surface area is 143 Å². The van der Waals surface area contributed by atoms with Gasteiger partial charge in [-0.3, -0.25) is 4.79 Å². The Hall–Kier alpha value is -2.27. The number of hydrogen-bond acceptors (Lipinski definition) is 2. The molecule has 1 N–H and O–H groups in total. The van der Waals surface area contributed by atoms with E-state index in [0.29, 0.717) is 0 Å². The number of benzene rings is 2. The van der Waals surface area contributed by atoms with Gasteiger partial charge in [0.2, 0.25) is 6.41 Å². The van der Waals surface area contributed by atoms with Crippen LogP contribution in [0.5, 0.6) is 0 Å². The predicted molar refractivity (Wildman–Crippen MR) is 93.6 cm³/mol. The fourth-order valence-electron chi connectivity index (χ4n) is 3.34. The SMILES string of the molecule is O=CN1CCCC1c1[nH]c2ccc(F)cc2c1Sc1ccccc1. The first kappa shape index (κ1) is 15.3. The molecule has 1 atom stereocenters. The van der Waals surface area contributed by atoms with Gasteiger partial charge in [-0.15, -0.1) is 0 Å². The molecule has 0 aliphatic carbocycles. The molecule has 1 saturated heterocycles. The van der Waals surface area contributed by atoms with Crippen LogP contribution in [0, 0.1) is 5.82 Å². The van der Waals surface area contributed by atoms with Crippen LogP contribution in [-0.4, -0.2) is 22.8 Å². The van der Waals surface area contributed by atoms with Crippen LogP contribution in [0.25, 0.3) is 10.9 Å². The van der Waals surface area contributed by atoms with Gasteiger partial charge in [0, 0.05) is 27.2 Å². The summed E-state index contributed by atoms with van der Waals surface area (Å²) < 4.78 is 13.8. The zero-order chi connectivity index (χ0) is 16.5. The fourth-order valence-corrected chi connectivity index (χ4v) is 4.44. The van der Waals surface area contributed by atoms with Crippen molar-refractivity contribution in [2.75, 3.05) is 6.54 Å². The highest BCUT2D eigenvalue weighted by atomic mass is 32.2. The molecular weight excluding hydrogens is 323 g/mol. The number of H-pyrrole nitrogens is 1. The lowest BCUT2D eigenvalue weighted by atomic mass is 10.1. The van der Waals surface area contributed by atoms with Gasteiger partial charge in [-0.25, -0.2) is 4.39 Å². The Kier molecular flexibility index (Phi) is 4.02. The van der Waals surface area contributed by atoms with Crippen LogP contribution in [0.1, 0.15) is 24.6 Å². The van der Waals surface area contributed by atoms with Crippen molar-refractivity contribution in [2.24, 2.45) is 0 Å². The molecule has 1 aliphatic rings. The first-order valence-electron chi connectivity index (χ1n) is 8.01. The number of amides is 1. The first-order valence-corrected chi connectivity index (χ1v) is 8.83. The minimum Gasteiger partial charge on any atom is -0.356 e. The lowest BCUT2D eigenvalue weighted by molar-refractivity contribution is -0.119. The molecule has 1 unspecified atom stereocenters. The summed E-state index contributed by atoms with van der Waals surface area (Å²) in [6.45, 7) is 0.771. The second-order valence-electron chi connectivity index (χ2n) is 5.97. The summed E-state index contributed by atoms with van der Waals surface area (Å²) in [5, 5.41) is 0.872. The van der Waals surface area contributed by atoms with Crippen molar-refractivity contribution >= 4 is 29.1 Å². The smallest absolute Gasteiger partial charge is 0.210 e. The van der Waals surface area contributed by atoms with Crippen LogP contribution in [0.2, 0.25) is 0 Å². The van der Waals surface area contributed by atoms with E-state index in [4.69, 9.17) is 0 Å². The molecule has 2 aromatic carbocycles. The van der Waals surface area contributed by atoms with Crippen LogP contribution in [-0.2, 0) is 4.79 Å². The predicted octanol–water partition coefficient (Wildman–Crippen LogP) is 4.75. The second kappa shape index (κ2) is 6.32. The molecule has 0 bridgehead atoms. The van der Waals surface area contributed by atoms with E-state index < -0.39 is 0 Å². The largest absolute Gasteiger partial charge is 0.356 e. The monoisotopic (exact) mass is 340 g/mol. The number of fused-ring (bicyclic) bond motifs is 1. The summed E-state index contributed by atoms with van der Waals surface area (Å²) in [6.07, 6.45) is 2.83. The van der Waals surface area contributed by atoms with Gasteiger partial charge in [0.25, 0.3) is 0 Å². The number of nitrogens with one attached hydrogen (secondary N) is 1. The Bertz CT molecular complexity index is 878. The maximum atomic E-state index is 13.8. The van der Waals surface area contributed by atoms with Crippen LogP contribution in [0.15, 0.2) is 58.3 Å². The fraction of sp³-hybridized carbons (Fsp3) is 0.211. The highest BCUT2D eigenvalue weighted by Crippen LogP contribution is 2.43. The van der Waals surface area contributed by atoms with Crippen molar-refractivity contribution in [2.45, 2.75) is 28.7 Å². The lowest BCUT2D eigenvalue weighted by Crippen LogP contribution is -2.21. The van der Waals surface area contributed by atoms with Crippen molar-refractivity contribution in [3.8, 4) is 0 Å². The zero-order valence-corrected chi connectivity index (χ0v) is 13.9. The molecule has 24 heavy (non-hydrogen) atoms. The summed E-state index contributed by atoms with van der Waals surface area (Å²) in [4.78, 5) is 18.7. The number of nitrogens with zero attached hydrogens (tertiary/aromatic N) is 1. The number of carbonyl (C=O) groups excluding carboxylic acids is 1. The molecule has 1 fully saturated rings. The quantitative estimate of drug-likeness (QED) is 0.696. The van der Waals surface area contributed by atoms with Gasteiger partial charge in [0.1, 0.15) is 5.82 Å². The van der Waals surface area contributed by atoms with Crippen LogP contribution < -0.4 is 0 Å². The van der Waals surface area contributed by atoms with E-state index in [2.05, 4.69) is 4.98 Å². The maximum Gasteiger partial charge on any atom is 0.210 e. The topological polar surface area (TPSA) is 36.1 Å². The average molecular weight is 340 g/mol. The third-order valence-corrected chi connectivity index (χ3v) is 5.62. The molecule has 0 radical (unpaired) electrons. The summed E-state index contributed by atoms with van der Waals surface area (Å²) in [5.74, 6) is -0.248. The Balaban J connectivity index is 1.85. The number of rotatable bonds is 4. The summed E-state index contributed by atoms with van der Waals surface area (Å²) in [7, 11) is 0. The van der Waals surface area contributed by atoms with Crippen molar-refractivity contribution in [1.82, 2.24) is 9.88 Å². The van der Waals surface area contributed by atoms with Gasteiger partial charge in [-0.05, 0) is 43.2 Å². The molecule has 0 saturated carbocycles. The van der Waals surface area contributed by atoms with Crippen LogP contribution in [0.3, 0.4) is 0 Å². The molecule has 2 heterocycles.